The van der Waals surface area contributed by atoms with Gasteiger partial charge in [-0.1, -0.05) is 6.92 Å². The fourth-order valence-electron chi connectivity index (χ4n) is 1.51. The third-order valence-corrected chi connectivity index (χ3v) is 2.38. The molecule has 2 aromatic heterocycles. The van der Waals surface area contributed by atoms with E-state index in [1.807, 2.05) is 6.92 Å². The van der Waals surface area contributed by atoms with Crippen LogP contribution >= 0.6 is 0 Å². The van der Waals surface area contributed by atoms with Gasteiger partial charge in [-0.3, -0.25) is 4.79 Å². The normalized spacial score (nSPS) is 10.2. The zero-order chi connectivity index (χ0) is 12.3. The SMILES string of the molecule is CCc1occc1C(=O)Nc1ncccc1N. The molecule has 2 rings (SSSR count). The number of nitrogen functional groups attached to an aromatic ring is 1. The van der Waals surface area contributed by atoms with E-state index in [1.165, 1.54) is 6.26 Å². The number of anilines is 2. The summed E-state index contributed by atoms with van der Waals surface area (Å²) in [5, 5.41) is 2.65. The maximum atomic E-state index is 11.9. The molecule has 0 aliphatic heterocycles. The molecular formula is C12H13N3O2. The average molecular weight is 231 g/mol. The average Bonchev–Trinajstić information content (AvgIpc) is 2.80. The molecule has 2 heterocycles. The fourth-order valence-corrected chi connectivity index (χ4v) is 1.51. The highest BCUT2D eigenvalue weighted by Crippen LogP contribution is 2.17. The zero-order valence-corrected chi connectivity index (χ0v) is 9.43. The van der Waals surface area contributed by atoms with Gasteiger partial charge in [0.25, 0.3) is 5.91 Å². The Morgan fingerprint density at radius 2 is 2.35 bits per heavy atom. The summed E-state index contributed by atoms with van der Waals surface area (Å²) in [6.45, 7) is 1.92. The summed E-state index contributed by atoms with van der Waals surface area (Å²) in [6.07, 6.45) is 3.73. The number of carbonyl (C=O) groups excluding carboxylic acids is 1. The quantitative estimate of drug-likeness (QED) is 0.847. The molecule has 5 nitrogen and oxygen atoms in total. The lowest BCUT2D eigenvalue weighted by atomic mass is 10.2. The van der Waals surface area contributed by atoms with Crippen LogP contribution in [-0.4, -0.2) is 10.9 Å². The van der Waals surface area contributed by atoms with Gasteiger partial charge < -0.3 is 15.5 Å². The van der Waals surface area contributed by atoms with Crippen molar-refractivity contribution >= 4 is 17.4 Å². The van der Waals surface area contributed by atoms with Gasteiger partial charge in [0.1, 0.15) is 5.76 Å². The molecule has 0 saturated carbocycles. The third kappa shape index (κ3) is 2.28. The number of nitrogens with zero attached hydrogens (tertiary/aromatic N) is 1. The summed E-state index contributed by atoms with van der Waals surface area (Å²) in [4.78, 5) is 15.9. The van der Waals surface area contributed by atoms with Crippen molar-refractivity contribution in [2.24, 2.45) is 0 Å². The zero-order valence-electron chi connectivity index (χ0n) is 9.43. The molecule has 0 radical (unpaired) electrons. The predicted molar refractivity (Wildman–Crippen MR) is 64.7 cm³/mol. The number of nitrogens with one attached hydrogen (secondary N) is 1. The number of furan rings is 1. The maximum Gasteiger partial charge on any atom is 0.260 e. The highest BCUT2D eigenvalue weighted by Gasteiger charge is 2.14. The van der Waals surface area contributed by atoms with Crippen LogP contribution in [0.25, 0.3) is 0 Å². The second-order valence-corrected chi connectivity index (χ2v) is 3.51. The van der Waals surface area contributed by atoms with Crippen molar-refractivity contribution in [2.75, 3.05) is 11.1 Å². The summed E-state index contributed by atoms with van der Waals surface area (Å²) < 4.78 is 5.19. The molecule has 0 aromatic carbocycles. The van der Waals surface area contributed by atoms with Gasteiger partial charge in [-0.25, -0.2) is 4.98 Å². The maximum absolute atomic E-state index is 11.9. The molecule has 0 atom stereocenters. The summed E-state index contributed by atoms with van der Waals surface area (Å²) in [7, 11) is 0. The van der Waals surface area contributed by atoms with Crippen molar-refractivity contribution in [3.8, 4) is 0 Å². The number of carbonyl (C=O) groups is 1. The van der Waals surface area contributed by atoms with Gasteiger partial charge in [0, 0.05) is 12.6 Å². The Bertz CT molecular complexity index is 534. The standard InChI is InChI=1S/C12H13N3O2/c1-2-10-8(5-7-17-10)12(16)15-11-9(13)4-3-6-14-11/h3-7H,2,13H2,1H3,(H,14,15,16). The molecule has 1 amide bonds. The Morgan fingerprint density at radius 3 is 3.06 bits per heavy atom. The predicted octanol–water partition coefficient (Wildman–Crippen LogP) is 2.07. The number of hydrogen-bond donors (Lipinski definition) is 2. The Hall–Kier alpha value is -2.30. The highest BCUT2D eigenvalue weighted by molar-refractivity contribution is 6.05. The van der Waals surface area contributed by atoms with Crippen molar-refractivity contribution in [3.05, 3.63) is 42.0 Å². The minimum atomic E-state index is -0.263. The van der Waals surface area contributed by atoms with E-state index in [0.717, 1.165) is 0 Å². The van der Waals surface area contributed by atoms with Crippen LogP contribution in [0.3, 0.4) is 0 Å². The molecule has 0 aliphatic rings. The highest BCUT2D eigenvalue weighted by atomic mass is 16.3. The van der Waals surface area contributed by atoms with Crippen LogP contribution in [-0.2, 0) is 6.42 Å². The van der Waals surface area contributed by atoms with Crippen LogP contribution < -0.4 is 11.1 Å². The Kier molecular flexibility index (Phi) is 3.09. The molecule has 0 saturated heterocycles. The summed E-state index contributed by atoms with van der Waals surface area (Å²) in [5.74, 6) is 0.749. The first-order valence-electron chi connectivity index (χ1n) is 5.30. The number of rotatable bonds is 3. The molecule has 0 spiro atoms. The summed E-state index contributed by atoms with van der Waals surface area (Å²) in [5.41, 5.74) is 6.64. The molecule has 17 heavy (non-hydrogen) atoms. The minimum absolute atomic E-state index is 0.263. The Labute approximate surface area is 98.6 Å². The molecule has 0 bridgehead atoms. The van der Waals surface area contributed by atoms with Crippen molar-refractivity contribution in [1.29, 1.82) is 0 Å². The largest absolute Gasteiger partial charge is 0.469 e. The van der Waals surface area contributed by atoms with E-state index in [1.54, 1.807) is 24.4 Å². The van der Waals surface area contributed by atoms with E-state index in [4.69, 9.17) is 10.2 Å². The lowest BCUT2D eigenvalue weighted by Gasteiger charge is -2.06. The number of aromatic nitrogens is 1. The van der Waals surface area contributed by atoms with Crippen molar-refractivity contribution in [1.82, 2.24) is 4.98 Å². The van der Waals surface area contributed by atoms with Crippen LogP contribution in [0.5, 0.6) is 0 Å². The first-order chi connectivity index (χ1) is 8.22. The minimum Gasteiger partial charge on any atom is -0.469 e. The number of hydrogen-bond acceptors (Lipinski definition) is 4. The van der Waals surface area contributed by atoms with Gasteiger partial charge in [0.15, 0.2) is 5.82 Å². The molecule has 0 aliphatic carbocycles. The molecular weight excluding hydrogens is 218 g/mol. The van der Waals surface area contributed by atoms with E-state index in [-0.39, 0.29) is 5.91 Å². The fraction of sp³-hybridized carbons (Fsp3) is 0.167. The van der Waals surface area contributed by atoms with Gasteiger partial charge in [0.2, 0.25) is 0 Å². The van der Waals surface area contributed by atoms with Crippen LogP contribution in [0.1, 0.15) is 23.0 Å². The number of pyridine rings is 1. The van der Waals surface area contributed by atoms with Gasteiger partial charge in [-0.15, -0.1) is 0 Å². The summed E-state index contributed by atoms with van der Waals surface area (Å²) >= 11 is 0. The van der Waals surface area contributed by atoms with Gasteiger partial charge in [0.05, 0.1) is 17.5 Å². The topological polar surface area (TPSA) is 81.2 Å². The first-order valence-corrected chi connectivity index (χ1v) is 5.30. The van der Waals surface area contributed by atoms with E-state index < -0.39 is 0 Å². The van der Waals surface area contributed by atoms with Gasteiger partial charge in [-0.05, 0) is 18.2 Å². The molecule has 2 aromatic rings. The van der Waals surface area contributed by atoms with Crippen LogP contribution in [0.4, 0.5) is 11.5 Å². The van der Waals surface area contributed by atoms with Crippen molar-refractivity contribution in [3.63, 3.8) is 0 Å². The van der Waals surface area contributed by atoms with Crippen LogP contribution in [0, 0.1) is 0 Å². The second-order valence-electron chi connectivity index (χ2n) is 3.51. The monoisotopic (exact) mass is 231 g/mol. The molecule has 0 unspecified atom stereocenters. The van der Waals surface area contributed by atoms with Gasteiger partial charge in [-0.2, -0.15) is 0 Å². The molecule has 88 valence electrons. The smallest absolute Gasteiger partial charge is 0.260 e. The summed E-state index contributed by atoms with van der Waals surface area (Å²) in [6, 6.07) is 5.02. The van der Waals surface area contributed by atoms with E-state index >= 15 is 0 Å². The van der Waals surface area contributed by atoms with Crippen LogP contribution in [0.15, 0.2) is 35.1 Å². The second kappa shape index (κ2) is 4.69. The molecule has 5 heteroatoms. The van der Waals surface area contributed by atoms with Crippen LogP contribution in [0.2, 0.25) is 0 Å². The Balaban J connectivity index is 2.20. The Morgan fingerprint density at radius 1 is 1.53 bits per heavy atom. The lowest BCUT2D eigenvalue weighted by molar-refractivity contribution is 0.102. The molecule has 3 N–H and O–H groups in total. The van der Waals surface area contributed by atoms with E-state index in [0.29, 0.717) is 29.2 Å². The van der Waals surface area contributed by atoms with Crippen molar-refractivity contribution < 1.29 is 9.21 Å². The lowest BCUT2D eigenvalue weighted by Crippen LogP contribution is -2.15. The molecule has 0 fully saturated rings. The van der Waals surface area contributed by atoms with E-state index in [9.17, 15) is 4.79 Å². The number of aryl methyl sites for hydroxylation is 1. The third-order valence-electron chi connectivity index (χ3n) is 2.38. The number of nitrogens with two attached hydrogens (primary N) is 1. The van der Waals surface area contributed by atoms with E-state index in [2.05, 4.69) is 10.3 Å². The first kappa shape index (κ1) is 11.2. The van der Waals surface area contributed by atoms with Gasteiger partial charge >= 0.3 is 0 Å². The van der Waals surface area contributed by atoms with Crippen molar-refractivity contribution in [2.45, 2.75) is 13.3 Å². The number of amides is 1.